The van der Waals surface area contributed by atoms with E-state index in [0.717, 1.165) is 38.0 Å². The first kappa shape index (κ1) is 14.1. The Hall–Kier alpha value is -1.88. The third-order valence-corrected chi connectivity index (χ3v) is 4.34. The van der Waals surface area contributed by atoms with Crippen molar-refractivity contribution < 1.29 is 9.59 Å². The topological polar surface area (TPSA) is 61.4 Å². The molecule has 21 heavy (non-hydrogen) atoms. The van der Waals surface area contributed by atoms with E-state index in [2.05, 4.69) is 15.5 Å². The quantitative estimate of drug-likeness (QED) is 0.869. The van der Waals surface area contributed by atoms with Crippen LogP contribution in [0.5, 0.6) is 0 Å². The Bertz CT molecular complexity index is 527. The summed E-state index contributed by atoms with van der Waals surface area (Å²) in [5.41, 5.74) is 1.42. The van der Waals surface area contributed by atoms with E-state index in [-0.39, 0.29) is 11.8 Å². The molecule has 5 heteroatoms. The maximum absolute atomic E-state index is 12.8. The predicted octanol–water partition coefficient (Wildman–Crippen LogP) is 1.61. The summed E-state index contributed by atoms with van der Waals surface area (Å²) in [5, 5.41) is 6.12. The van der Waals surface area contributed by atoms with Crippen LogP contribution in [0.4, 0.5) is 5.69 Å². The fourth-order valence-electron chi connectivity index (χ4n) is 3.36. The number of benzene rings is 1. The standard InChI is InChI=1S/C16H21N3O2/c1-11(20)18-13-4-2-12(3-5-13)16(21)19-14-6-7-15(19)10-17-9-8-14/h2-5,14-15,17H,6-10H2,1H3,(H,18,20). The van der Waals surface area contributed by atoms with Crippen molar-refractivity contribution in [3.8, 4) is 0 Å². The van der Waals surface area contributed by atoms with E-state index in [1.807, 2.05) is 0 Å². The molecule has 0 saturated carbocycles. The normalized spacial score (nSPS) is 24.5. The number of rotatable bonds is 2. The molecule has 5 nitrogen and oxygen atoms in total. The van der Waals surface area contributed by atoms with Gasteiger partial charge in [0.1, 0.15) is 0 Å². The summed E-state index contributed by atoms with van der Waals surface area (Å²) in [5.74, 6) is 0.00582. The Morgan fingerprint density at radius 1 is 1.14 bits per heavy atom. The van der Waals surface area contributed by atoms with Crippen LogP contribution in [-0.2, 0) is 4.79 Å². The van der Waals surface area contributed by atoms with Crippen LogP contribution < -0.4 is 10.6 Å². The van der Waals surface area contributed by atoms with Crippen molar-refractivity contribution in [2.45, 2.75) is 38.3 Å². The summed E-state index contributed by atoms with van der Waals surface area (Å²) < 4.78 is 0. The highest BCUT2D eigenvalue weighted by atomic mass is 16.2. The second-order valence-electron chi connectivity index (χ2n) is 5.85. The number of carbonyl (C=O) groups excluding carboxylic acids is 2. The van der Waals surface area contributed by atoms with E-state index in [1.54, 1.807) is 24.3 Å². The van der Waals surface area contributed by atoms with Crippen LogP contribution in [0.1, 0.15) is 36.5 Å². The lowest BCUT2D eigenvalue weighted by atomic mass is 10.1. The van der Waals surface area contributed by atoms with Crippen molar-refractivity contribution in [2.24, 2.45) is 0 Å². The molecule has 2 bridgehead atoms. The van der Waals surface area contributed by atoms with Crippen LogP contribution in [0.3, 0.4) is 0 Å². The van der Waals surface area contributed by atoms with E-state index in [1.165, 1.54) is 6.92 Å². The van der Waals surface area contributed by atoms with E-state index in [0.29, 0.717) is 17.6 Å². The Balaban J connectivity index is 1.77. The summed E-state index contributed by atoms with van der Waals surface area (Å²) >= 11 is 0. The Morgan fingerprint density at radius 2 is 1.86 bits per heavy atom. The van der Waals surface area contributed by atoms with Gasteiger partial charge in [-0.15, -0.1) is 0 Å². The molecule has 2 N–H and O–H groups in total. The van der Waals surface area contributed by atoms with Crippen LogP contribution >= 0.6 is 0 Å². The number of anilines is 1. The van der Waals surface area contributed by atoms with Gasteiger partial charge in [-0.1, -0.05) is 0 Å². The number of nitrogens with zero attached hydrogens (tertiary/aromatic N) is 1. The number of hydrogen-bond acceptors (Lipinski definition) is 3. The van der Waals surface area contributed by atoms with Gasteiger partial charge >= 0.3 is 0 Å². The third kappa shape index (κ3) is 2.93. The molecule has 2 fully saturated rings. The Morgan fingerprint density at radius 3 is 2.57 bits per heavy atom. The van der Waals surface area contributed by atoms with Gasteiger partial charge in [-0.2, -0.15) is 0 Å². The van der Waals surface area contributed by atoms with Crippen LogP contribution in [0.15, 0.2) is 24.3 Å². The average molecular weight is 287 g/mol. The van der Waals surface area contributed by atoms with E-state index in [9.17, 15) is 9.59 Å². The molecule has 2 aliphatic rings. The monoisotopic (exact) mass is 287 g/mol. The summed E-state index contributed by atoms with van der Waals surface area (Å²) in [6.45, 7) is 3.36. The number of fused-ring (bicyclic) bond motifs is 2. The molecule has 2 saturated heterocycles. The molecule has 0 aromatic heterocycles. The van der Waals surface area contributed by atoms with E-state index < -0.39 is 0 Å². The van der Waals surface area contributed by atoms with Gasteiger partial charge in [0.15, 0.2) is 0 Å². The summed E-state index contributed by atoms with van der Waals surface area (Å²) in [6.07, 6.45) is 3.24. The van der Waals surface area contributed by atoms with Gasteiger partial charge in [-0.25, -0.2) is 0 Å². The molecule has 0 spiro atoms. The maximum Gasteiger partial charge on any atom is 0.254 e. The minimum Gasteiger partial charge on any atom is -0.331 e. The lowest BCUT2D eigenvalue weighted by molar-refractivity contribution is -0.114. The number of nitrogens with one attached hydrogen (secondary N) is 2. The van der Waals surface area contributed by atoms with Crippen LogP contribution in [0, 0.1) is 0 Å². The van der Waals surface area contributed by atoms with Gasteiger partial charge < -0.3 is 15.5 Å². The summed E-state index contributed by atoms with van der Waals surface area (Å²) in [7, 11) is 0. The van der Waals surface area contributed by atoms with Crippen molar-refractivity contribution in [1.29, 1.82) is 0 Å². The molecular weight excluding hydrogens is 266 g/mol. The largest absolute Gasteiger partial charge is 0.331 e. The Labute approximate surface area is 124 Å². The molecule has 2 aliphatic heterocycles. The minimum atomic E-state index is -0.106. The maximum atomic E-state index is 12.8. The van der Waals surface area contributed by atoms with Crippen LogP contribution in [0.2, 0.25) is 0 Å². The minimum absolute atomic E-state index is 0.106. The SMILES string of the molecule is CC(=O)Nc1ccc(C(=O)N2C3CCNCC2CC3)cc1. The summed E-state index contributed by atoms with van der Waals surface area (Å²) in [4.78, 5) is 25.8. The smallest absolute Gasteiger partial charge is 0.254 e. The van der Waals surface area contributed by atoms with Crippen molar-refractivity contribution >= 4 is 17.5 Å². The van der Waals surface area contributed by atoms with Gasteiger partial charge in [-0.05, 0) is 50.1 Å². The predicted molar refractivity (Wildman–Crippen MR) is 81.2 cm³/mol. The molecule has 2 heterocycles. The highest BCUT2D eigenvalue weighted by Gasteiger charge is 2.38. The number of hydrogen-bond donors (Lipinski definition) is 2. The highest BCUT2D eigenvalue weighted by molar-refractivity contribution is 5.96. The van der Waals surface area contributed by atoms with E-state index in [4.69, 9.17) is 0 Å². The molecule has 2 atom stereocenters. The molecule has 0 aliphatic carbocycles. The fourth-order valence-corrected chi connectivity index (χ4v) is 3.36. The van der Waals surface area contributed by atoms with E-state index >= 15 is 0 Å². The zero-order valence-electron chi connectivity index (χ0n) is 12.3. The number of carbonyl (C=O) groups is 2. The van der Waals surface area contributed by atoms with Crippen molar-refractivity contribution in [3.63, 3.8) is 0 Å². The van der Waals surface area contributed by atoms with Crippen LogP contribution in [0.25, 0.3) is 0 Å². The van der Waals surface area contributed by atoms with Crippen molar-refractivity contribution in [2.75, 3.05) is 18.4 Å². The molecule has 3 rings (SSSR count). The molecule has 2 amide bonds. The van der Waals surface area contributed by atoms with Gasteiger partial charge in [0.2, 0.25) is 5.91 Å². The molecule has 1 aromatic carbocycles. The zero-order valence-corrected chi connectivity index (χ0v) is 12.3. The second kappa shape index (κ2) is 5.85. The second-order valence-corrected chi connectivity index (χ2v) is 5.85. The zero-order chi connectivity index (χ0) is 14.8. The highest BCUT2D eigenvalue weighted by Crippen LogP contribution is 2.29. The number of amides is 2. The van der Waals surface area contributed by atoms with Gasteiger partial charge in [0, 0.05) is 36.8 Å². The molecule has 2 unspecified atom stereocenters. The first-order valence-electron chi connectivity index (χ1n) is 7.56. The fraction of sp³-hybridized carbons (Fsp3) is 0.500. The Kier molecular flexibility index (Phi) is 3.92. The van der Waals surface area contributed by atoms with Gasteiger partial charge in [0.25, 0.3) is 5.91 Å². The molecule has 0 radical (unpaired) electrons. The molecular formula is C16H21N3O2. The third-order valence-electron chi connectivity index (χ3n) is 4.34. The molecule has 1 aromatic rings. The first-order valence-corrected chi connectivity index (χ1v) is 7.56. The lowest BCUT2D eigenvalue weighted by Gasteiger charge is -2.28. The van der Waals surface area contributed by atoms with Gasteiger partial charge in [-0.3, -0.25) is 9.59 Å². The molecule has 112 valence electrons. The van der Waals surface area contributed by atoms with Gasteiger partial charge in [0.05, 0.1) is 0 Å². The first-order chi connectivity index (χ1) is 10.1. The van der Waals surface area contributed by atoms with Crippen LogP contribution in [-0.4, -0.2) is 41.9 Å². The van der Waals surface area contributed by atoms with Crippen molar-refractivity contribution in [1.82, 2.24) is 10.2 Å². The summed E-state index contributed by atoms with van der Waals surface area (Å²) in [6, 6.07) is 7.85. The average Bonchev–Trinajstić information content (AvgIpc) is 2.71. The van der Waals surface area contributed by atoms with Crippen molar-refractivity contribution in [3.05, 3.63) is 29.8 Å². The lowest BCUT2D eigenvalue weighted by Crippen LogP contribution is -2.42.